The highest BCUT2D eigenvalue weighted by Gasteiger charge is 2.33. The molecule has 2 aliphatic heterocycles. The van der Waals surface area contributed by atoms with Crippen LogP contribution in [-0.2, 0) is 10.2 Å². The van der Waals surface area contributed by atoms with Crippen molar-refractivity contribution in [3.05, 3.63) is 17.8 Å². The fourth-order valence-corrected chi connectivity index (χ4v) is 3.74. The fourth-order valence-electron chi connectivity index (χ4n) is 3.74. The van der Waals surface area contributed by atoms with E-state index in [4.69, 9.17) is 0 Å². The van der Waals surface area contributed by atoms with Gasteiger partial charge in [0.05, 0.1) is 5.69 Å². The summed E-state index contributed by atoms with van der Waals surface area (Å²) >= 11 is 0. The molecule has 6 nitrogen and oxygen atoms in total. The Labute approximate surface area is 157 Å². The van der Waals surface area contributed by atoms with Crippen LogP contribution in [0.25, 0.3) is 0 Å². The molecule has 0 bridgehead atoms. The maximum atomic E-state index is 12.1. The normalized spacial score (nSPS) is 22.5. The average Bonchev–Trinajstić information content (AvgIpc) is 2.69. The lowest BCUT2D eigenvalue weighted by molar-refractivity contribution is -0.131. The minimum atomic E-state index is 0.0331. The van der Waals surface area contributed by atoms with Crippen molar-refractivity contribution in [1.29, 1.82) is 0 Å². The van der Waals surface area contributed by atoms with Gasteiger partial charge in [-0.15, -0.1) is 5.10 Å². The molecule has 2 saturated heterocycles. The highest BCUT2D eigenvalue weighted by molar-refractivity contribution is 5.76. The number of aromatic nitrogens is 2. The number of carbonyl (C=O) groups is 1. The highest BCUT2D eigenvalue weighted by atomic mass is 16.2. The third-order valence-electron chi connectivity index (χ3n) is 5.85. The van der Waals surface area contributed by atoms with Crippen molar-refractivity contribution in [3.8, 4) is 0 Å². The zero-order chi connectivity index (χ0) is 18.9. The minimum Gasteiger partial charge on any atom is -0.352 e. The zero-order valence-electron chi connectivity index (χ0n) is 16.9. The summed E-state index contributed by atoms with van der Waals surface area (Å²) in [5.74, 6) is 1.26. The van der Waals surface area contributed by atoms with E-state index in [0.717, 1.165) is 50.4 Å². The van der Waals surface area contributed by atoms with Crippen LogP contribution in [0.4, 0.5) is 5.82 Å². The maximum Gasteiger partial charge on any atom is 0.222 e. The number of amides is 1. The number of hydrogen-bond acceptors (Lipinski definition) is 5. The first-order valence-corrected chi connectivity index (χ1v) is 9.81. The minimum absolute atomic E-state index is 0.0331. The molecule has 2 fully saturated rings. The third kappa shape index (κ3) is 4.17. The van der Waals surface area contributed by atoms with E-state index in [1.165, 1.54) is 0 Å². The predicted molar refractivity (Wildman–Crippen MR) is 104 cm³/mol. The van der Waals surface area contributed by atoms with Crippen LogP contribution in [0.15, 0.2) is 12.1 Å². The molecule has 6 heteroatoms. The molecular weight excluding hydrogens is 326 g/mol. The Bertz CT molecular complexity index is 618. The molecule has 26 heavy (non-hydrogen) atoms. The van der Waals surface area contributed by atoms with E-state index >= 15 is 0 Å². The number of nitrogens with zero attached hydrogens (tertiary/aromatic N) is 5. The van der Waals surface area contributed by atoms with Gasteiger partial charge in [-0.25, -0.2) is 0 Å². The van der Waals surface area contributed by atoms with Crippen LogP contribution in [0, 0.1) is 0 Å². The summed E-state index contributed by atoms with van der Waals surface area (Å²) in [7, 11) is 4.14. The van der Waals surface area contributed by atoms with Gasteiger partial charge < -0.3 is 9.80 Å². The Morgan fingerprint density at radius 2 is 1.92 bits per heavy atom. The zero-order valence-corrected chi connectivity index (χ0v) is 16.9. The predicted octanol–water partition coefficient (Wildman–Crippen LogP) is 2.30. The van der Waals surface area contributed by atoms with Gasteiger partial charge in [0.25, 0.3) is 0 Å². The van der Waals surface area contributed by atoms with Crippen molar-refractivity contribution < 1.29 is 4.79 Å². The van der Waals surface area contributed by atoms with Gasteiger partial charge in [0, 0.05) is 50.6 Å². The van der Waals surface area contributed by atoms with Gasteiger partial charge in [0.15, 0.2) is 5.82 Å². The second-order valence-electron chi connectivity index (χ2n) is 8.93. The third-order valence-corrected chi connectivity index (χ3v) is 5.85. The highest BCUT2D eigenvalue weighted by Crippen LogP contribution is 2.25. The topological polar surface area (TPSA) is 52.6 Å². The molecule has 1 aromatic heterocycles. The van der Waals surface area contributed by atoms with Crippen LogP contribution >= 0.6 is 0 Å². The molecule has 2 aliphatic rings. The van der Waals surface area contributed by atoms with Gasteiger partial charge in [-0.1, -0.05) is 27.2 Å². The molecule has 1 atom stereocenters. The van der Waals surface area contributed by atoms with E-state index in [1.54, 1.807) is 0 Å². The average molecular weight is 360 g/mol. The smallest absolute Gasteiger partial charge is 0.222 e. The lowest BCUT2D eigenvalue weighted by Crippen LogP contribution is -2.60. The van der Waals surface area contributed by atoms with Crippen LogP contribution in [0.2, 0.25) is 0 Å². The lowest BCUT2D eigenvalue weighted by Gasteiger charge is -2.46. The summed E-state index contributed by atoms with van der Waals surface area (Å²) in [5.41, 5.74) is 1.06. The number of likely N-dealkylation sites (N-methyl/N-ethyl adjacent to an activating group) is 2. The number of likely N-dealkylation sites (tertiary alicyclic amines) is 1. The molecule has 0 aliphatic carbocycles. The molecule has 144 valence electrons. The SMILES string of the molecule is CN(CC1CCCCC(=O)N1C)C1CN(c2ccc(C(C)(C)C)nn2)C1. The first kappa shape index (κ1) is 19.1. The summed E-state index contributed by atoms with van der Waals surface area (Å²) in [6.45, 7) is 9.37. The molecule has 0 aromatic carbocycles. The molecule has 3 rings (SSSR count). The summed E-state index contributed by atoms with van der Waals surface area (Å²) in [5, 5.41) is 8.81. The van der Waals surface area contributed by atoms with Crippen molar-refractivity contribution in [2.45, 2.75) is 64.0 Å². The molecule has 0 spiro atoms. The molecule has 1 unspecified atom stereocenters. The van der Waals surface area contributed by atoms with Crippen molar-refractivity contribution in [2.75, 3.05) is 38.6 Å². The van der Waals surface area contributed by atoms with Gasteiger partial charge >= 0.3 is 0 Å². The summed E-state index contributed by atoms with van der Waals surface area (Å²) in [4.78, 5) is 18.7. The molecule has 3 heterocycles. The van der Waals surface area contributed by atoms with E-state index in [1.807, 2.05) is 11.9 Å². The fraction of sp³-hybridized carbons (Fsp3) is 0.750. The molecule has 0 radical (unpaired) electrons. The first-order chi connectivity index (χ1) is 12.3. The number of carbonyl (C=O) groups excluding carboxylic acids is 1. The second kappa shape index (κ2) is 7.51. The Balaban J connectivity index is 1.52. The van der Waals surface area contributed by atoms with Crippen LogP contribution in [0.1, 0.15) is 52.1 Å². The molecular formula is C20H33N5O. The number of hydrogen-bond donors (Lipinski definition) is 0. The Morgan fingerprint density at radius 1 is 1.19 bits per heavy atom. The summed E-state index contributed by atoms with van der Waals surface area (Å²) in [6.07, 6.45) is 4.00. The van der Waals surface area contributed by atoms with Crippen LogP contribution in [0.5, 0.6) is 0 Å². The van der Waals surface area contributed by atoms with Crippen LogP contribution in [-0.4, -0.2) is 71.7 Å². The monoisotopic (exact) mass is 359 g/mol. The summed E-state index contributed by atoms with van der Waals surface area (Å²) in [6, 6.07) is 5.04. The van der Waals surface area contributed by atoms with Crippen molar-refractivity contribution in [2.24, 2.45) is 0 Å². The first-order valence-electron chi connectivity index (χ1n) is 9.81. The van der Waals surface area contributed by atoms with E-state index in [2.05, 4.69) is 59.9 Å². The molecule has 0 N–H and O–H groups in total. The van der Waals surface area contributed by atoms with Gasteiger partial charge in [-0.05, 0) is 32.0 Å². The van der Waals surface area contributed by atoms with Gasteiger partial charge in [-0.3, -0.25) is 9.69 Å². The second-order valence-corrected chi connectivity index (χ2v) is 8.93. The molecule has 0 saturated carbocycles. The van der Waals surface area contributed by atoms with Crippen molar-refractivity contribution in [3.63, 3.8) is 0 Å². The van der Waals surface area contributed by atoms with Gasteiger partial charge in [0.1, 0.15) is 0 Å². The van der Waals surface area contributed by atoms with Crippen molar-refractivity contribution >= 4 is 11.7 Å². The maximum absolute atomic E-state index is 12.1. The van der Waals surface area contributed by atoms with E-state index in [-0.39, 0.29) is 5.41 Å². The summed E-state index contributed by atoms with van der Waals surface area (Å²) < 4.78 is 0. The van der Waals surface area contributed by atoms with Crippen LogP contribution in [0.3, 0.4) is 0 Å². The standard InChI is InChI=1S/C20H33N5O/c1-20(2,3)17-10-11-18(22-21-17)25-13-16(14-25)23(4)12-15-8-6-7-9-19(26)24(15)5/h10-11,15-16H,6-9,12-14H2,1-5H3. The van der Waals surface area contributed by atoms with E-state index in [0.29, 0.717) is 24.4 Å². The van der Waals surface area contributed by atoms with Gasteiger partial charge in [0.2, 0.25) is 5.91 Å². The molecule has 1 aromatic rings. The largest absolute Gasteiger partial charge is 0.352 e. The number of rotatable bonds is 4. The van der Waals surface area contributed by atoms with E-state index < -0.39 is 0 Å². The lowest BCUT2D eigenvalue weighted by atomic mass is 9.92. The van der Waals surface area contributed by atoms with Crippen molar-refractivity contribution in [1.82, 2.24) is 20.0 Å². The number of anilines is 1. The Hall–Kier alpha value is -1.69. The van der Waals surface area contributed by atoms with E-state index in [9.17, 15) is 4.79 Å². The Morgan fingerprint density at radius 3 is 2.54 bits per heavy atom. The Kier molecular flexibility index (Phi) is 5.51. The quantitative estimate of drug-likeness (QED) is 0.826. The molecule has 1 amide bonds. The van der Waals surface area contributed by atoms with Gasteiger partial charge in [-0.2, -0.15) is 5.10 Å². The van der Waals surface area contributed by atoms with Crippen LogP contribution < -0.4 is 4.90 Å².